The number of halogens is 2. The van der Waals surface area contributed by atoms with Crippen LogP contribution < -0.4 is 9.62 Å². The Morgan fingerprint density at radius 1 is 1.19 bits per heavy atom. The smallest absolute Gasteiger partial charge is 0.338 e. The van der Waals surface area contributed by atoms with Gasteiger partial charge in [-0.25, -0.2) is 13.2 Å². The largest absolute Gasteiger partial charge is 0.452 e. The minimum absolute atomic E-state index is 0.0370. The molecule has 7 nitrogen and oxygen atoms in total. The van der Waals surface area contributed by atoms with E-state index in [1.165, 1.54) is 18.2 Å². The average molecular weight is 499 g/mol. The summed E-state index contributed by atoms with van der Waals surface area (Å²) in [7, 11) is -4.17. The number of anilines is 1. The summed E-state index contributed by atoms with van der Waals surface area (Å²) in [4.78, 5) is 24.0. The summed E-state index contributed by atoms with van der Waals surface area (Å²) < 4.78 is 32.8. The number of ether oxygens (including phenoxy) is 1. The van der Waals surface area contributed by atoms with E-state index in [9.17, 15) is 18.0 Å². The van der Waals surface area contributed by atoms with Crippen molar-refractivity contribution in [2.24, 2.45) is 0 Å². The van der Waals surface area contributed by atoms with Crippen LogP contribution in [0.25, 0.3) is 0 Å². The molecule has 0 bridgehead atoms. The van der Waals surface area contributed by atoms with Crippen molar-refractivity contribution in [1.29, 1.82) is 0 Å². The van der Waals surface area contributed by atoms with E-state index in [1.54, 1.807) is 24.3 Å². The first-order valence-corrected chi connectivity index (χ1v) is 11.9. The Bertz CT molecular complexity index is 1090. The Hall–Kier alpha value is -2.55. The molecule has 1 N–H and O–H groups in total. The summed E-state index contributed by atoms with van der Waals surface area (Å²) in [6.45, 7) is 6.82. The van der Waals surface area contributed by atoms with Crippen LogP contribution in [0.3, 0.4) is 0 Å². The molecule has 0 fully saturated rings. The fraction of sp³-hybridized carbons (Fsp3) is 0.273. The molecule has 0 saturated carbocycles. The minimum atomic E-state index is -4.17. The average Bonchev–Trinajstić information content (AvgIpc) is 2.76. The number of carbonyl (C=O) groups is 2. The molecule has 0 radical (unpaired) electrons. The number of nitrogens with zero attached hydrogens (tertiary/aromatic N) is 1. The van der Waals surface area contributed by atoms with Crippen LogP contribution in [0.1, 0.15) is 30.6 Å². The van der Waals surface area contributed by atoms with Crippen molar-refractivity contribution >= 4 is 50.8 Å². The number of carbonyl (C=O) groups excluding carboxylic acids is 2. The quantitative estimate of drug-likeness (QED) is 0.385. The first kappa shape index (κ1) is 25.7. The molecular weight excluding hydrogens is 475 g/mol. The van der Waals surface area contributed by atoms with E-state index in [0.29, 0.717) is 10.7 Å². The highest BCUT2D eigenvalue weighted by molar-refractivity contribution is 7.93. The number of benzene rings is 2. The van der Waals surface area contributed by atoms with Gasteiger partial charge in [-0.05, 0) is 55.8 Å². The Kier molecular flexibility index (Phi) is 9.12. The molecule has 10 heteroatoms. The maximum Gasteiger partial charge on any atom is 0.338 e. The second-order valence-electron chi connectivity index (χ2n) is 6.90. The predicted octanol–water partition coefficient (Wildman–Crippen LogP) is 4.45. The standard InChI is InChI=1S/C22H24Cl2N2O5S/c1-4-12-26(18-9-7-17(23)8-10-18)32(29,30)20-13-16(6-11-19(20)24)22(28)31-14-21(27)25-15(3)5-2/h4,6-11,13,15H,1,5,12,14H2,2-3H3,(H,25,27). The van der Waals surface area contributed by atoms with Crippen molar-refractivity contribution in [2.75, 3.05) is 17.5 Å². The summed E-state index contributed by atoms with van der Waals surface area (Å²) in [5, 5.41) is 3.05. The molecule has 0 heterocycles. The molecule has 2 aromatic carbocycles. The van der Waals surface area contributed by atoms with Crippen molar-refractivity contribution in [2.45, 2.75) is 31.2 Å². The maximum absolute atomic E-state index is 13.4. The second-order valence-corrected chi connectivity index (χ2v) is 9.57. The van der Waals surface area contributed by atoms with Gasteiger partial charge in [0.15, 0.2) is 6.61 Å². The van der Waals surface area contributed by atoms with Gasteiger partial charge in [0.25, 0.3) is 15.9 Å². The number of amides is 1. The van der Waals surface area contributed by atoms with Crippen molar-refractivity contribution < 1.29 is 22.7 Å². The van der Waals surface area contributed by atoms with E-state index in [-0.39, 0.29) is 28.1 Å². The molecule has 2 aromatic rings. The number of hydrogen-bond acceptors (Lipinski definition) is 5. The van der Waals surface area contributed by atoms with Crippen LogP contribution in [0, 0.1) is 0 Å². The summed E-state index contributed by atoms with van der Waals surface area (Å²) in [5.74, 6) is -1.30. The van der Waals surface area contributed by atoms with Crippen LogP contribution in [0.5, 0.6) is 0 Å². The second kappa shape index (κ2) is 11.4. The Morgan fingerprint density at radius 3 is 2.44 bits per heavy atom. The molecule has 1 amide bonds. The summed E-state index contributed by atoms with van der Waals surface area (Å²) in [6, 6.07) is 9.89. The lowest BCUT2D eigenvalue weighted by atomic mass is 10.2. The first-order valence-electron chi connectivity index (χ1n) is 9.75. The minimum Gasteiger partial charge on any atom is -0.452 e. The van der Waals surface area contributed by atoms with Crippen LogP contribution in [0.2, 0.25) is 10.0 Å². The lowest BCUT2D eigenvalue weighted by Gasteiger charge is -2.24. The Balaban J connectivity index is 2.31. The number of esters is 1. The van der Waals surface area contributed by atoms with E-state index >= 15 is 0 Å². The summed E-state index contributed by atoms with van der Waals surface area (Å²) in [5.41, 5.74) is 0.291. The highest BCUT2D eigenvalue weighted by Crippen LogP contribution is 2.30. The zero-order valence-corrected chi connectivity index (χ0v) is 20.0. The third kappa shape index (κ3) is 6.48. The molecule has 172 valence electrons. The van der Waals surface area contributed by atoms with E-state index in [4.69, 9.17) is 27.9 Å². The summed E-state index contributed by atoms with van der Waals surface area (Å²) in [6.07, 6.45) is 2.15. The molecule has 0 aliphatic carbocycles. The van der Waals surface area contributed by atoms with Crippen LogP contribution in [0.4, 0.5) is 5.69 Å². The van der Waals surface area contributed by atoms with Gasteiger partial charge in [-0.15, -0.1) is 6.58 Å². The van der Waals surface area contributed by atoms with Crippen LogP contribution in [-0.4, -0.2) is 39.5 Å². The zero-order valence-electron chi connectivity index (χ0n) is 17.7. The van der Waals surface area contributed by atoms with Crippen molar-refractivity contribution in [3.05, 3.63) is 70.7 Å². The van der Waals surface area contributed by atoms with Gasteiger partial charge in [-0.3, -0.25) is 9.10 Å². The fourth-order valence-corrected chi connectivity index (χ4v) is 4.71. The first-order chi connectivity index (χ1) is 15.1. The highest BCUT2D eigenvalue weighted by Gasteiger charge is 2.28. The molecule has 0 aromatic heterocycles. The highest BCUT2D eigenvalue weighted by atomic mass is 35.5. The van der Waals surface area contributed by atoms with Crippen LogP contribution in [0.15, 0.2) is 60.0 Å². The molecule has 2 rings (SSSR count). The van der Waals surface area contributed by atoms with Gasteiger partial charge in [0.05, 0.1) is 22.8 Å². The van der Waals surface area contributed by atoms with E-state index in [0.717, 1.165) is 16.8 Å². The number of rotatable bonds is 10. The van der Waals surface area contributed by atoms with Crippen molar-refractivity contribution in [3.8, 4) is 0 Å². The molecule has 1 atom stereocenters. The molecule has 32 heavy (non-hydrogen) atoms. The van der Waals surface area contributed by atoms with Gasteiger partial charge >= 0.3 is 5.97 Å². The molecule has 0 aliphatic rings. The van der Waals surface area contributed by atoms with E-state index in [1.807, 2.05) is 13.8 Å². The van der Waals surface area contributed by atoms with E-state index in [2.05, 4.69) is 11.9 Å². The lowest BCUT2D eigenvalue weighted by Crippen LogP contribution is -2.35. The van der Waals surface area contributed by atoms with Crippen LogP contribution in [-0.2, 0) is 19.6 Å². The normalized spacial score (nSPS) is 12.0. The fourth-order valence-electron chi connectivity index (χ4n) is 2.65. The topological polar surface area (TPSA) is 92.8 Å². The lowest BCUT2D eigenvalue weighted by molar-refractivity contribution is -0.124. The van der Waals surface area contributed by atoms with E-state index < -0.39 is 28.5 Å². The zero-order chi connectivity index (χ0) is 23.9. The van der Waals surface area contributed by atoms with Gasteiger partial charge in [-0.1, -0.05) is 36.2 Å². The Morgan fingerprint density at radius 2 is 1.84 bits per heavy atom. The number of hydrogen-bond donors (Lipinski definition) is 1. The molecule has 0 spiro atoms. The predicted molar refractivity (Wildman–Crippen MR) is 126 cm³/mol. The summed E-state index contributed by atoms with van der Waals surface area (Å²) >= 11 is 12.1. The molecule has 1 unspecified atom stereocenters. The van der Waals surface area contributed by atoms with Crippen molar-refractivity contribution in [1.82, 2.24) is 5.32 Å². The Labute approximate surface area is 198 Å². The third-order valence-electron chi connectivity index (χ3n) is 4.50. The van der Waals surface area contributed by atoms with Gasteiger partial charge in [-0.2, -0.15) is 0 Å². The van der Waals surface area contributed by atoms with Gasteiger partial charge < -0.3 is 10.1 Å². The third-order valence-corrected chi connectivity index (χ3v) is 7.03. The molecule has 0 saturated heterocycles. The van der Waals surface area contributed by atoms with Gasteiger partial charge in [0.1, 0.15) is 4.90 Å². The maximum atomic E-state index is 13.4. The molecule has 0 aliphatic heterocycles. The SMILES string of the molecule is C=CCN(c1ccc(Cl)cc1)S(=O)(=O)c1cc(C(=O)OCC(=O)NC(C)CC)ccc1Cl. The van der Waals surface area contributed by atoms with Crippen LogP contribution >= 0.6 is 23.2 Å². The number of nitrogens with one attached hydrogen (secondary N) is 1. The molecular formula is C22H24Cl2N2O5S. The van der Waals surface area contributed by atoms with Crippen molar-refractivity contribution in [3.63, 3.8) is 0 Å². The monoisotopic (exact) mass is 498 g/mol. The van der Waals surface area contributed by atoms with Gasteiger partial charge in [0, 0.05) is 11.1 Å². The van der Waals surface area contributed by atoms with Gasteiger partial charge in [0.2, 0.25) is 0 Å². The number of sulfonamides is 1.